The Balaban J connectivity index is 2.36. The van der Waals surface area contributed by atoms with Crippen molar-refractivity contribution in [3.05, 3.63) is 38.4 Å². The van der Waals surface area contributed by atoms with Gasteiger partial charge < -0.3 is 5.32 Å². The number of thioether (sulfide) groups is 1. The van der Waals surface area contributed by atoms with Gasteiger partial charge in [0.25, 0.3) is 0 Å². The molecule has 3 nitrogen and oxygen atoms in total. The molecule has 0 unspecified atom stereocenters. The van der Waals surface area contributed by atoms with Gasteiger partial charge in [-0.1, -0.05) is 35.0 Å². The number of aromatic nitrogens is 2. The van der Waals surface area contributed by atoms with E-state index in [0.717, 1.165) is 15.7 Å². The van der Waals surface area contributed by atoms with Gasteiger partial charge in [0.05, 0.1) is 5.69 Å². The summed E-state index contributed by atoms with van der Waals surface area (Å²) in [6.07, 6.45) is 1.90. The summed E-state index contributed by atoms with van der Waals surface area (Å²) in [5.41, 5.74) is 1.84. The molecule has 1 aromatic heterocycles. The quantitative estimate of drug-likeness (QED) is 0.445. The Hall–Kier alpha value is -0.490. The SMILES string of the molecule is CSc1nc(Cl)cc(Nc2cc(Cl)c(C)cc2Br)n1. The summed E-state index contributed by atoms with van der Waals surface area (Å²) in [6.45, 7) is 1.95. The highest BCUT2D eigenvalue weighted by Gasteiger charge is 2.07. The van der Waals surface area contributed by atoms with Crippen LogP contribution in [0.4, 0.5) is 11.5 Å². The highest BCUT2D eigenvalue weighted by molar-refractivity contribution is 9.10. The van der Waals surface area contributed by atoms with Gasteiger partial charge in [-0.15, -0.1) is 0 Å². The topological polar surface area (TPSA) is 37.8 Å². The van der Waals surface area contributed by atoms with Crippen molar-refractivity contribution in [1.29, 1.82) is 0 Å². The molecule has 0 aliphatic heterocycles. The van der Waals surface area contributed by atoms with Crippen LogP contribution in [0, 0.1) is 6.92 Å². The Bertz CT molecular complexity index is 622. The van der Waals surface area contributed by atoms with Crippen molar-refractivity contribution in [2.75, 3.05) is 11.6 Å². The van der Waals surface area contributed by atoms with Gasteiger partial charge in [-0.05, 0) is 46.8 Å². The Morgan fingerprint density at radius 1 is 1.21 bits per heavy atom. The molecule has 0 radical (unpaired) electrons. The van der Waals surface area contributed by atoms with Crippen LogP contribution in [0.2, 0.25) is 10.2 Å². The van der Waals surface area contributed by atoms with Gasteiger partial charge in [-0.2, -0.15) is 0 Å². The van der Waals surface area contributed by atoms with Crippen LogP contribution in [0.5, 0.6) is 0 Å². The van der Waals surface area contributed by atoms with E-state index in [1.165, 1.54) is 11.8 Å². The number of rotatable bonds is 3. The first-order chi connectivity index (χ1) is 8.99. The summed E-state index contributed by atoms with van der Waals surface area (Å²) < 4.78 is 0.912. The lowest BCUT2D eigenvalue weighted by Gasteiger charge is -2.10. The molecule has 0 saturated carbocycles. The fourth-order valence-corrected chi connectivity index (χ4v) is 2.77. The van der Waals surface area contributed by atoms with E-state index in [0.29, 0.717) is 21.2 Å². The zero-order valence-electron chi connectivity index (χ0n) is 10.2. The second-order valence-electron chi connectivity index (χ2n) is 3.77. The Morgan fingerprint density at radius 3 is 2.63 bits per heavy atom. The number of benzene rings is 1. The lowest BCUT2D eigenvalue weighted by atomic mass is 10.2. The molecule has 1 aromatic carbocycles. The van der Waals surface area contributed by atoms with Crippen LogP contribution in [0.1, 0.15) is 5.56 Å². The molecule has 0 spiro atoms. The summed E-state index contributed by atoms with van der Waals surface area (Å²) in [6, 6.07) is 5.46. The lowest BCUT2D eigenvalue weighted by molar-refractivity contribution is 0.976. The van der Waals surface area contributed by atoms with Crippen LogP contribution < -0.4 is 5.32 Å². The first kappa shape index (κ1) is 14.9. The van der Waals surface area contributed by atoms with Crippen molar-refractivity contribution in [3.8, 4) is 0 Å². The first-order valence-electron chi connectivity index (χ1n) is 5.31. The van der Waals surface area contributed by atoms with Crippen LogP contribution in [-0.2, 0) is 0 Å². The molecule has 0 fully saturated rings. The highest BCUT2D eigenvalue weighted by atomic mass is 79.9. The Labute approximate surface area is 134 Å². The third-order valence-corrected chi connectivity index (χ3v) is 4.17. The number of aryl methyl sites for hydroxylation is 1. The fourth-order valence-electron chi connectivity index (χ4n) is 1.43. The minimum absolute atomic E-state index is 0.399. The van der Waals surface area contributed by atoms with Crippen molar-refractivity contribution >= 4 is 62.4 Å². The molecule has 0 bridgehead atoms. The molecule has 2 rings (SSSR count). The lowest BCUT2D eigenvalue weighted by Crippen LogP contribution is -1.98. The largest absolute Gasteiger partial charge is 0.339 e. The molecule has 1 heterocycles. The van der Waals surface area contributed by atoms with E-state index in [9.17, 15) is 0 Å². The molecule has 0 saturated heterocycles. The van der Waals surface area contributed by atoms with Crippen LogP contribution in [0.3, 0.4) is 0 Å². The van der Waals surface area contributed by atoms with E-state index in [2.05, 4.69) is 31.2 Å². The maximum Gasteiger partial charge on any atom is 0.190 e. The molecular weight excluding hydrogens is 369 g/mol. The zero-order valence-corrected chi connectivity index (χ0v) is 14.1. The van der Waals surface area contributed by atoms with Crippen LogP contribution in [-0.4, -0.2) is 16.2 Å². The van der Waals surface area contributed by atoms with Gasteiger partial charge in [0.15, 0.2) is 5.16 Å². The molecule has 0 amide bonds. The third kappa shape index (κ3) is 3.75. The summed E-state index contributed by atoms with van der Waals surface area (Å²) in [5, 5.41) is 4.88. The van der Waals surface area contributed by atoms with Crippen molar-refractivity contribution < 1.29 is 0 Å². The predicted molar refractivity (Wildman–Crippen MR) is 86.0 cm³/mol. The van der Waals surface area contributed by atoms with Gasteiger partial charge in [-0.25, -0.2) is 9.97 Å². The van der Waals surface area contributed by atoms with E-state index < -0.39 is 0 Å². The van der Waals surface area contributed by atoms with E-state index in [4.69, 9.17) is 23.2 Å². The minimum atomic E-state index is 0.399. The van der Waals surface area contributed by atoms with E-state index >= 15 is 0 Å². The second-order valence-corrected chi connectivity index (χ2v) is 6.19. The first-order valence-corrected chi connectivity index (χ1v) is 8.08. The second kappa shape index (κ2) is 6.31. The van der Waals surface area contributed by atoms with Crippen LogP contribution in [0.15, 0.2) is 27.8 Å². The van der Waals surface area contributed by atoms with Gasteiger partial charge >= 0.3 is 0 Å². The summed E-state index contributed by atoms with van der Waals surface area (Å²) in [4.78, 5) is 8.42. The molecule has 0 aliphatic carbocycles. The third-order valence-electron chi connectivity index (χ3n) is 2.37. The standard InChI is InChI=1S/C12H10BrCl2N3S/c1-6-3-7(13)9(4-8(6)14)16-11-5-10(15)17-12(18-11)19-2/h3-5H,1-2H3,(H,16,17,18). The van der Waals surface area contributed by atoms with Gasteiger partial charge in [0.1, 0.15) is 11.0 Å². The minimum Gasteiger partial charge on any atom is -0.339 e. The average Bonchev–Trinajstić information content (AvgIpc) is 2.35. The molecule has 2 aromatic rings. The summed E-state index contributed by atoms with van der Waals surface area (Å²) in [5.74, 6) is 0.630. The highest BCUT2D eigenvalue weighted by Crippen LogP contribution is 2.31. The van der Waals surface area contributed by atoms with Crippen LogP contribution >= 0.6 is 50.9 Å². The number of hydrogen-bond acceptors (Lipinski definition) is 4. The fraction of sp³-hybridized carbons (Fsp3) is 0.167. The monoisotopic (exact) mass is 377 g/mol. The molecule has 7 heteroatoms. The summed E-state index contributed by atoms with van der Waals surface area (Å²) in [7, 11) is 0. The Morgan fingerprint density at radius 2 is 1.95 bits per heavy atom. The van der Waals surface area contributed by atoms with Gasteiger partial charge in [0, 0.05) is 15.6 Å². The van der Waals surface area contributed by atoms with Crippen LogP contribution in [0.25, 0.3) is 0 Å². The predicted octanol–water partition coefficient (Wildman–Crippen LogP) is 5.32. The number of halogens is 3. The van der Waals surface area contributed by atoms with Crippen molar-refractivity contribution in [2.45, 2.75) is 12.1 Å². The average molecular weight is 379 g/mol. The molecule has 1 N–H and O–H groups in total. The van der Waals surface area contributed by atoms with Crippen molar-refractivity contribution in [2.24, 2.45) is 0 Å². The molecule has 100 valence electrons. The smallest absolute Gasteiger partial charge is 0.190 e. The van der Waals surface area contributed by atoms with Crippen molar-refractivity contribution in [3.63, 3.8) is 0 Å². The number of hydrogen-bond donors (Lipinski definition) is 1. The zero-order chi connectivity index (χ0) is 14.0. The Kier molecular flexibility index (Phi) is 4.95. The van der Waals surface area contributed by atoms with Gasteiger partial charge in [0.2, 0.25) is 0 Å². The molecule has 19 heavy (non-hydrogen) atoms. The number of nitrogens with zero attached hydrogens (tertiary/aromatic N) is 2. The summed E-state index contributed by atoms with van der Waals surface area (Å²) >= 11 is 17.0. The normalized spacial score (nSPS) is 10.6. The maximum atomic E-state index is 6.12. The van der Waals surface area contributed by atoms with E-state index in [-0.39, 0.29) is 0 Å². The van der Waals surface area contributed by atoms with E-state index in [1.54, 1.807) is 6.07 Å². The van der Waals surface area contributed by atoms with Crippen molar-refractivity contribution in [1.82, 2.24) is 9.97 Å². The van der Waals surface area contributed by atoms with E-state index in [1.807, 2.05) is 25.3 Å². The molecule has 0 atom stereocenters. The van der Waals surface area contributed by atoms with Gasteiger partial charge in [-0.3, -0.25) is 0 Å². The number of anilines is 2. The number of nitrogens with one attached hydrogen (secondary N) is 1. The molecule has 0 aliphatic rings. The molecular formula is C12H10BrCl2N3S. The maximum absolute atomic E-state index is 6.12.